The summed E-state index contributed by atoms with van der Waals surface area (Å²) < 4.78 is 285. The first kappa shape index (κ1) is 78.1. The average molecular weight is 1210 g/mol. The van der Waals surface area contributed by atoms with Crippen molar-refractivity contribution in [2.75, 3.05) is 52.9 Å². The Kier molecular flexibility index (Phi) is 40.7. The third kappa shape index (κ3) is 21.4. The van der Waals surface area contributed by atoms with E-state index < -0.39 is 145 Å². The topological polar surface area (TPSA) is 36.9 Å². The first-order valence-corrected chi connectivity index (χ1v) is 23.6. The molecule has 428 valence electrons. The molecule has 0 N–H and O–H groups in total. The van der Waals surface area contributed by atoms with E-state index >= 15 is 17.6 Å². The maximum absolute atomic E-state index is 15.2. The molecule has 0 spiro atoms. The van der Waals surface area contributed by atoms with Crippen LogP contribution in [-0.2, 0) is 45.2 Å². The van der Waals surface area contributed by atoms with Crippen LogP contribution in [0, 0.1) is 128 Å². The molecule has 2 aliphatic carbocycles. The Labute approximate surface area is 466 Å². The third-order valence-corrected chi connectivity index (χ3v) is 11.3. The van der Waals surface area contributed by atoms with Crippen LogP contribution in [0.1, 0.15) is 107 Å². The fraction of sp³-hybridized carbons (Fsp3) is 0.520. The van der Waals surface area contributed by atoms with Gasteiger partial charge >= 0.3 is 45.1 Å². The Morgan fingerprint density at radius 2 is 0.455 bits per heavy atom. The maximum Gasteiger partial charge on any atom is 4.00 e. The van der Waals surface area contributed by atoms with E-state index in [1.807, 2.05) is 55.4 Å². The van der Waals surface area contributed by atoms with Gasteiger partial charge in [-0.2, -0.15) is 11.6 Å². The molecule has 2 saturated carbocycles. The molecule has 2 fully saturated rings. The fourth-order valence-electron chi connectivity index (χ4n) is 8.33. The molecule has 0 radical (unpaired) electrons. The van der Waals surface area contributed by atoms with E-state index in [0.717, 1.165) is 65.0 Å². The molecule has 0 amide bonds. The number of rotatable bonds is 12. The molecule has 0 heterocycles. The molecule has 0 saturated heterocycles. The first-order chi connectivity index (χ1) is 35.3. The molecular weight excluding hydrogens is 1150 g/mol. The normalized spacial score (nSPS) is 12.8. The molecule has 27 heteroatoms. The van der Waals surface area contributed by atoms with Gasteiger partial charge in [-0.3, -0.25) is 17.6 Å². The molecule has 0 atom stereocenters. The summed E-state index contributed by atoms with van der Waals surface area (Å²) in [5.74, 6) is -45.6. The molecular formula is C50H58BF20LiO4Zr+2. The Hall–Kier alpha value is -3.13. The first-order valence-electron chi connectivity index (χ1n) is 23.6. The van der Waals surface area contributed by atoms with Crippen LogP contribution in [0.3, 0.4) is 0 Å². The molecule has 4 aromatic carbocycles. The van der Waals surface area contributed by atoms with E-state index in [9.17, 15) is 70.2 Å². The van der Waals surface area contributed by atoms with Gasteiger partial charge in [-0.05, 0) is 55.4 Å². The quantitative estimate of drug-likeness (QED) is 0.0466. The fourth-order valence-corrected chi connectivity index (χ4v) is 8.33. The summed E-state index contributed by atoms with van der Waals surface area (Å²) in [6.07, 6.45) is -1.67. The monoisotopic (exact) mass is 1210 g/mol. The molecule has 0 unspecified atom stereocenters. The third-order valence-electron chi connectivity index (χ3n) is 11.3. The molecule has 0 aromatic heterocycles. The average Bonchev–Trinajstić information content (AvgIpc) is 4.15. The summed E-state index contributed by atoms with van der Waals surface area (Å²) in [7, 11) is 0. The summed E-state index contributed by atoms with van der Waals surface area (Å²) in [6, 6.07) is 2.05. The minimum absolute atomic E-state index is 0. The summed E-state index contributed by atoms with van der Waals surface area (Å²) in [4.78, 5) is 0. The standard InChI is InChI=1S/C22H18BF10.2C6F5.4C4H10O.Li.Zr/c24-13-11(14(25)18(29)21(32)17(13)28)23(9-5-1-2-6-9,10-7-3-4-8-10)12-15(26)19(30)22(33)20(31)16(12)27;2*7-2-1-3(8)5(10)6(11)4(2)9;4*1-3-5-4-2;;/h9-10H,1-8H2;;;4*3-4H2,1-2H3;;/q3*-1;;;;;+1;+4. The van der Waals surface area contributed by atoms with E-state index in [4.69, 9.17) is 18.9 Å². The van der Waals surface area contributed by atoms with Crippen molar-refractivity contribution in [3.63, 3.8) is 0 Å². The zero-order valence-electron chi connectivity index (χ0n) is 43.7. The van der Waals surface area contributed by atoms with E-state index in [0.29, 0.717) is 25.7 Å². The van der Waals surface area contributed by atoms with E-state index in [-0.39, 0.29) is 70.7 Å². The van der Waals surface area contributed by atoms with Crippen LogP contribution in [0.25, 0.3) is 0 Å². The van der Waals surface area contributed by atoms with Gasteiger partial charge in [0.1, 0.15) is 23.3 Å². The summed E-state index contributed by atoms with van der Waals surface area (Å²) >= 11 is 0. The van der Waals surface area contributed by atoms with Crippen LogP contribution >= 0.6 is 0 Å². The van der Waals surface area contributed by atoms with Crippen LogP contribution < -0.4 is 29.8 Å². The van der Waals surface area contributed by atoms with E-state index in [1.165, 1.54) is 0 Å². The zero-order chi connectivity index (χ0) is 57.9. The smallest absolute Gasteiger partial charge is 0.382 e. The molecule has 4 aromatic rings. The molecule has 4 nitrogen and oxygen atoms in total. The summed E-state index contributed by atoms with van der Waals surface area (Å²) in [5, 5.41) is 0. The van der Waals surface area contributed by atoms with Crippen molar-refractivity contribution in [3.8, 4) is 0 Å². The summed E-state index contributed by atoms with van der Waals surface area (Å²) in [6.45, 7) is 22.7. The van der Waals surface area contributed by atoms with Gasteiger partial charge in [0.15, 0.2) is 34.9 Å². The van der Waals surface area contributed by atoms with Crippen LogP contribution in [0.2, 0.25) is 11.6 Å². The van der Waals surface area contributed by atoms with E-state index in [2.05, 4.69) is 0 Å². The molecule has 0 bridgehead atoms. The van der Waals surface area contributed by atoms with Crippen molar-refractivity contribution in [2.24, 2.45) is 0 Å². The minimum atomic E-state index is -3.62. The molecule has 2 aliphatic rings. The van der Waals surface area contributed by atoms with Crippen molar-refractivity contribution < 1.29 is 152 Å². The Balaban J connectivity index is -0.00000102. The summed E-state index contributed by atoms with van der Waals surface area (Å²) in [5.41, 5.74) is -2.93. The van der Waals surface area contributed by atoms with E-state index in [1.54, 1.807) is 0 Å². The number of hydrogen-bond donors (Lipinski definition) is 0. The van der Waals surface area contributed by atoms with Crippen molar-refractivity contribution in [2.45, 2.75) is 118 Å². The van der Waals surface area contributed by atoms with Gasteiger partial charge in [0.2, 0.25) is 0 Å². The zero-order valence-corrected chi connectivity index (χ0v) is 46.2. The van der Waals surface area contributed by atoms with Gasteiger partial charge in [-0.15, -0.1) is 23.1 Å². The van der Waals surface area contributed by atoms with Crippen molar-refractivity contribution in [1.29, 1.82) is 0 Å². The van der Waals surface area contributed by atoms with Crippen molar-refractivity contribution in [3.05, 3.63) is 128 Å². The number of halogens is 20. The predicted molar refractivity (Wildman–Crippen MR) is 241 cm³/mol. The Bertz CT molecular complexity index is 2070. The largest absolute Gasteiger partial charge is 4.00 e. The van der Waals surface area contributed by atoms with Crippen LogP contribution in [0.15, 0.2) is 0 Å². The van der Waals surface area contributed by atoms with Gasteiger partial charge in [0, 0.05) is 52.9 Å². The number of hydrogen-bond acceptors (Lipinski definition) is 4. The molecule has 6 rings (SSSR count). The van der Waals surface area contributed by atoms with Crippen molar-refractivity contribution >= 4 is 17.1 Å². The minimum Gasteiger partial charge on any atom is -0.382 e. The second-order valence-corrected chi connectivity index (χ2v) is 15.6. The maximum atomic E-state index is 15.2. The van der Waals surface area contributed by atoms with Gasteiger partial charge in [0.05, 0.1) is 64.3 Å². The van der Waals surface area contributed by atoms with Gasteiger partial charge in [-0.1, -0.05) is 51.4 Å². The van der Waals surface area contributed by atoms with Crippen LogP contribution in [0.4, 0.5) is 87.8 Å². The number of benzene rings is 4. The van der Waals surface area contributed by atoms with Crippen LogP contribution in [-0.4, -0.2) is 59.0 Å². The van der Waals surface area contributed by atoms with Gasteiger partial charge < -0.3 is 18.9 Å². The Morgan fingerprint density at radius 3 is 0.610 bits per heavy atom. The van der Waals surface area contributed by atoms with Crippen LogP contribution in [0.5, 0.6) is 0 Å². The number of ether oxygens (including phenoxy) is 4. The second-order valence-electron chi connectivity index (χ2n) is 15.6. The molecule has 0 aliphatic heterocycles. The van der Waals surface area contributed by atoms with Gasteiger partial charge in [-0.25, -0.2) is 70.2 Å². The van der Waals surface area contributed by atoms with Gasteiger partial charge in [0.25, 0.3) is 0 Å². The molecule has 77 heavy (non-hydrogen) atoms. The van der Waals surface area contributed by atoms with Crippen molar-refractivity contribution in [1.82, 2.24) is 0 Å². The second kappa shape index (κ2) is 40.1. The Morgan fingerprint density at radius 1 is 0.299 bits per heavy atom. The predicted octanol–water partition coefficient (Wildman–Crippen LogP) is 12.1. The SMILES string of the molecule is CCOCC.CCOCC.CCOCC.CCOCC.Fc1[c-]c(F)c(F)c(F)c1F.Fc1[c-]c(F)c(F)c(F)c1F.Fc1c(F)c(F)c([B-](c2c(F)c(F)c(F)c(F)c2F)(C2CCCC2)C2CCCC2)c(F)c1F.[Li+].[Zr+4].